The third kappa shape index (κ3) is 5.34. The zero-order chi connectivity index (χ0) is 16.8. The lowest BCUT2D eigenvalue weighted by atomic mass is 10.1. The zero-order valence-corrected chi connectivity index (χ0v) is 13.2. The van der Waals surface area contributed by atoms with Gasteiger partial charge >= 0.3 is 12.1 Å². The van der Waals surface area contributed by atoms with Gasteiger partial charge in [-0.3, -0.25) is 0 Å². The average molecular weight is 381 g/mol. The standard InChI is InChI=1S/C12H15BrN2.C2HF3O2/c1-2-10-9-14-7-8-15(10)12-6-4-3-5-11(12)13;3-2(4,5)1(6)7/h2-6,10,14H,1,7-9H2;(H,6,7)/t10-;/m1./s1. The predicted octanol–water partition coefficient (Wildman–Crippen LogP) is 3.05. The Morgan fingerprint density at radius 2 is 2.05 bits per heavy atom. The van der Waals surface area contributed by atoms with Crippen LogP contribution in [0.5, 0.6) is 0 Å². The van der Waals surface area contributed by atoms with Crippen molar-refractivity contribution in [2.45, 2.75) is 12.2 Å². The number of para-hydroxylation sites is 1. The van der Waals surface area contributed by atoms with Gasteiger partial charge in [-0.2, -0.15) is 13.2 Å². The van der Waals surface area contributed by atoms with Crippen LogP contribution in [0.1, 0.15) is 0 Å². The highest BCUT2D eigenvalue weighted by molar-refractivity contribution is 9.10. The van der Waals surface area contributed by atoms with Crippen LogP contribution in [0, 0.1) is 0 Å². The van der Waals surface area contributed by atoms with E-state index in [0.717, 1.165) is 24.1 Å². The second-order valence-electron chi connectivity index (χ2n) is 4.45. The van der Waals surface area contributed by atoms with Gasteiger partial charge in [0.15, 0.2) is 0 Å². The van der Waals surface area contributed by atoms with E-state index < -0.39 is 12.1 Å². The second kappa shape index (κ2) is 8.19. The molecule has 1 aliphatic heterocycles. The maximum atomic E-state index is 10.6. The summed E-state index contributed by atoms with van der Waals surface area (Å²) >= 11 is 3.59. The number of anilines is 1. The van der Waals surface area contributed by atoms with Gasteiger partial charge in [0, 0.05) is 24.1 Å². The molecule has 0 saturated carbocycles. The monoisotopic (exact) mass is 380 g/mol. The van der Waals surface area contributed by atoms with Gasteiger partial charge in [-0.25, -0.2) is 4.79 Å². The Morgan fingerprint density at radius 1 is 1.45 bits per heavy atom. The summed E-state index contributed by atoms with van der Waals surface area (Å²) in [7, 11) is 0. The number of hydrogen-bond donors (Lipinski definition) is 2. The molecular formula is C14H16BrF3N2O2. The van der Waals surface area contributed by atoms with E-state index in [1.54, 1.807) is 0 Å². The van der Waals surface area contributed by atoms with Crippen molar-refractivity contribution in [2.75, 3.05) is 24.5 Å². The van der Waals surface area contributed by atoms with E-state index in [4.69, 9.17) is 9.90 Å². The molecule has 8 heteroatoms. The summed E-state index contributed by atoms with van der Waals surface area (Å²) in [6, 6.07) is 8.72. The van der Waals surface area contributed by atoms with Gasteiger partial charge in [0.05, 0.1) is 11.7 Å². The molecule has 1 atom stereocenters. The highest BCUT2D eigenvalue weighted by Gasteiger charge is 2.38. The molecular weight excluding hydrogens is 365 g/mol. The first kappa shape index (κ1) is 18.5. The molecule has 1 aromatic carbocycles. The number of carbonyl (C=O) groups is 1. The molecule has 0 spiro atoms. The quantitative estimate of drug-likeness (QED) is 0.774. The van der Waals surface area contributed by atoms with Gasteiger partial charge in [0.2, 0.25) is 0 Å². The summed E-state index contributed by atoms with van der Waals surface area (Å²) < 4.78 is 32.9. The minimum Gasteiger partial charge on any atom is -0.475 e. The summed E-state index contributed by atoms with van der Waals surface area (Å²) in [5.41, 5.74) is 1.25. The maximum Gasteiger partial charge on any atom is 0.490 e. The second-order valence-corrected chi connectivity index (χ2v) is 5.31. The van der Waals surface area contributed by atoms with Crippen LogP contribution in [0.25, 0.3) is 0 Å². The number of hydrogen-bond acceptors (Lipinski definition) is 3. The Balaban J connectivity index is 0.000000295. The highest BCUT2D eigenvalue weighted by atomic mass is 79.9. The van der Waals surface area contributed by atoms with Crippen molar-refractivity contribution in [3.63, 3.8) is 0 Å². The van der Waals surface area contributed by atoms with E-state index >= 15 is 0 Å². The molecule has 2 rings (SSSR count). The van der Waals surface area contributed by atoms with Crippen molar-refractivity contribution in [3.05, 3.63) is 41.4 Å². The average Bonchev–Trinajstić information content (AvgIpc) is 2.47. The van der Waals surface area contributed by atoms with E-state index in [9.17, 15) is 13.2 Å². The number of rotatable bonds is 2. The summed E-state index contributed by atoms with van der Waals surface area (Å²) in [4.78, 5) is 11.3. The summed E-state index contributed by atoms with van der Waals surface area (Å²) in [5, 5.41) is 10.5. The normalized spacial score (nSPS) is 18.2. The molecule has 0 aromatic heterocycles. The fourth-order valence-corrected chi connectivity index (χ4v) is 2.43. The van der Waals surface area contributed by atoms with Crippen LogP contribution >= 0.6 is 15.9 Å². The Bertz CT molecular complexity index is 523. The molecule has 2 N–H and O–H groups in total. The molecule has 22 heavy (non-hydrogen) atoms. The van der Waals surface area contributed by atoms with Crippen molar-refractivity contribution < 1.29 is 23.1 Å². The van der Waals surface area contributed by atoms with Crippen molar-refractivity contribution in [1.29, 1.82) is 0 Å². The molecule has 0 amide bonds. The minimum atomic E-state index is -5.08. The number of nitrogens with zero attached hydrogens (tertiary/aromatic N) is 1. The van der Waals surface area contributed by atoms with Crippen molar-refractivity contribution in [2.24, 2.45) is 0 Å². The topological polar surface area (TPSA) is 52.6 Å². The van der Waals surface area contributed by atoms with Gasteiger partial charge < -0.3 is 15.3 Å². The van der Waals surface area contributed by atoms with E-state index in [1.807, 2.05) is 12.1 Å². The fraction of sp³-hybridized carbons (Fsp3) is 0.357. The van der Waals surface area contributed by atoms with Gasteiger partial charge in [0.25, 0.3) is 0 Å². The number of benzene rings is 1. The molecule has 0 aliphatic carbocycles. The van der Waals surface area contributed by atoms with Gasteiger partial charge in [-0.05, 0) is 28.1 Å². The first-order chi connectivity index (χ1) is 10.3. The summed E-state index contributed by atoms with van der Waals surface area (Å²) in [5.74, 6) is -2.76. The first-order valence-corrected chi connectivity index (χ1v) is 7.21. The lowest BCUT2D eigenvalue weighted by molar-refractivity contribution is -0.192. The van der Waals surface area contributed by atoms with Crippen molar-refractivity contribution in [3.8, 4) is 0 Å². The lowest BCUT2D eigenvalue weighted by Gasteiger charge is -2.36. The molecule has 1 heterocycles. The fourth-order valence-electron chi connectivity index (χ4n) is 1.92. The number of nitrogens with one attached hydrogen (secondary N) is 1. The van der Waals surface area contributed by atoms with E-state index in [1.165, 1.54) is 5.69 Å². The smallest absolute Gasteiger partial charge is 0.475 e. The Hall–Kier alpha value is -1.54. The Morgan fingerprint density at radius 3 is 2.55 bits per heavy atom. The van der Waals surface area contributed by atoms with Crippen molar-refractivity contribution in [1.82, 2.24) is 5.32 Å². The molecule has 0 radical (unpaired) electrons. The molecule has 4 nitrogen and oxygen atoms in total. The first-order valence-electron chi connectivity index (χ1n) is 6.42. The number of aliphatic carboxylic acids is 1. The van der Waals surface area contributed by atoms with Gasteiger partial charge in [-0.15, -0.1) is 6.58 Å². The van der Waals surface area contributed by atoms with Crippen LogP contribution < -0.4 is 10.2 Å². The molecule has 1 fully saturated rings. The third-order valence-electron chi connectivity index (χ3n) is 2.96. The number of carboxylic acids is 1. The Kier molecular flexibility index (Phi) is 6.89. The molecule has 1 aliphatic rings. The van der Waals surface area contributed by atoms with Crippen LogP contribution in [-0.2, 0) is 4.79 Å². The number of piperazine rings is 1. The van der Waals surface area contributed by atoms with E-state index in [2.05, 4.69) is 50.9 Å². The minimum absolute atomic E-state index is 0.387. The molecule has 0 unspecified atom stereocenters. The largest absolute Gasteiger partial charge is 0.490 e. The van der Waals surface area contributed by atoms with Crippen LogP contribution in [0.2, 0.25) is 0 Å². The molecule has 0 bridgehead atoms. The predicted molar refractivity (Wildman–Crippen MR) is 82.0 cm³/mol. The van der Waals surface area contributed by atoms with Crippen LogP contribution in [0.4, 0.5) is 18.9 Å². The highest BCUT2D eigenvalue weighted by Crippen LogP contribution is 2.27. The number of halogens is 4. The Labute approximate surface area is 134 Å². The summed E-state index contributed by atoms with van der Waals surface area (Å²) in [6.07, 6.45) is -3.08. The lowest BCUT2D eigenvalue weighted by Crippen LogP contribution is -2.50. The third-order valence-corrected chi connectivity index (χ3v) is 3.63. The zero-order valence-electron chi connectivity index (χ0n) is 11.6. The van der Waals surface area contributed by atoms with Gasteiger partial charge in [-0.1, -0.05) is 18.2 Å². The summed E-state index contributed by atoms with van der Waals surface area (Å²) in [6.45, 7) is 6.93. The maximum absolute atomic E-state index is 10.6. The van der Waals surface area contributed by atoms with E-state index in [0.29, 0.717) is 6.04 Å². The van der Waals surface area contributed by atoms with Crippen LogP contribution in [0.3, 0.4) is 0 Å². The molecule has 122 valence electrons. The van der Waals surface area contributed by atoms with Crippen molar-refractivity contribution >= 4 is 27.6 Å². The van der Waals surface area contributed by atoms with Crippen LogP contribution in [0.15, 0.2) is 41.4 Å². The number of alkyl halides is 3. The SMILES string of the molecule is C=C[C@@H]1CNCCN1c1ccccc1Br.O=C(O)C(F)(F)F. The van der Waals surface area contributed by atoms with Gasteiger partial charge in [0.1, 0.15) is 0 Å². The number of carboxylic acid groups (broad SMARTS) is 1. The van der Waals surface area contributed by atoms with E-state index in [-0.39, 0.29) is 0 Å². The molecule has 1 aromatic rings. The molecule has 1 saturated heterocycles. The van der Waals surface area contributed by atoms with Crippen LogP contribution in [-0.4, -0.2) is 42.9 Å².